The lowest BCUT2D eigenvalue weighted by atomic mass is 9.79. The average Bonchev–Trinajstić information content (AvgIpc) is 2.86. The van der Waals surface area contributed by atoms with Crippen molar-refractivity contribution in [1.29, 1.82) is 0 Å². The molecule has 0 spiro atoms. The van der Waals surface area contributed by atoms with E-state index in [9.17, 15) is 9.59 Å². The first-order valence-corrected chi connectivity index (χ1v) is 5.45. The largest absolute Gasteiger partial charge is 0.378 e. The fourth-order valence-corrected chi connectivity index (χ4v) is 2.89. The van der Waals surface area contributed by atoms with Crippen LogP contribution in [0, 0.1) is 11.8 Å². The topological polar surface area (TPSA) is 68.1 Å². The maximum absolute atomic E-state index is 11.5. The summed E-state index contributed by atoms with van der Waals surface area (Å²) in [6.45, 7) is 2.11. The Bertz CT molecular complexity index is 386. The van der Waals surface area contributed by atoms with Crippen LogP contribution in [0.3, 0.4) is 0 Å². The van der Waals surface area contributed by atoms with Crippen molar-refractivity contribution in [1.82, 2.24) is 10.6 Å². The third kappa shape index (κ3) is 1.35. The summed E-state index contributed by atoms with van der Waals surface area (Å²) >= 11 is 0. The Morgan fingerprint density at radius 1 is 1.27 bits per heavy atom. The molecule has 2 aliphatic heterocycles. The van der Waals surface area contributed by atoms with Crippen molar-refractivity contribution >= 4 is 11.8 Å². The third-order valence-electron chi connectivity index (χ3n) is 3.74. The van der Waals surface area contributed by atoms with Gasteiger partial charge in [0.25, 0.3) is 0 Å². The van der Waals surface area contributed by atoms with Crippen molar-refractivity contribution in [2.45, 2.75) is 32.2 Å². The van der Waals surface area contributed by atoms with Gasteiger partial charge in [0.1, 0.15) is 0 Å². The number of imide groups is 1. The Hall–Kier alpha value is -1.32. The van der Waals surface area contributed by atoms with Crippen LogP contribution in [0.25, 0.3) is 0 Å². The molecule has 3 atom stereocenters. The zero-order valence-electron chi connectivity index (χ0n) is 8.67. The summed E-state index contributed by atoms with van der Waals surface area (Å²) in [5, 5.41) is 5.72. The van der Waals surface area contributed by atoms with Crippen LogP contribution in [-0.4, -0.2) is 17.9 Å². The van der Waals surface area contributed by atoms with E-state index < -0.39 is 0 Å². The monoisotopic (exact) mass is 206 g/mol. The number of fused-ring (bicyclic) bond motifs is 1. The molecule has 0 bridgehead atoms. The van der Waals surface area contributed by atoms with E-state index in [1.807, 2.05) is 0 Å². The van der Waals surface area contributed by atoms with Crippen LogP contribution in [0.5, 0.6) is 0 Å². The smallest absolute Gasteiger partial charge is 0.230 e. The van der Waals surface area contributed by atoms with Crippen molar-refractivity contribution < 1.29 is 9.59 Å². The van der Waals surface area contributed by atoms with Gasteiger partial charge in [-0.25, -0.2) is 0 Å². The van der Waals surface area contributed by atoms with Crippen molar-refractivity contribution in [3.8, 4) is 0 Å². The SMILES string of the molecule is CC1=C2NC2CC(C2CC(=O)NC2=O)C1. The van der Waals surface area contributed by atoms with Gasteiger partial charge in [0.05, 0.1) is 12.0 Å². The highest BCUT2D eigenvalue weighted by Crippen LogP contribution is 2.41. The second kappa shape index (κ2) is 2.84. The van der Waals surface area contributed by atoms with Gasteiger partial charge in [0, 0.05) is 12.1 Å². The predicted molar refractivity (Wildman–Crippen MR) is 53.6 cm³/mol. The standard InChI is InChI=1S/C11H14N2O2/c1-5-2-6(3-8-10(5)12-8)7-4-9(14)13-11(7)15/h6-8,12H,2-4H2,1H3,(H,13,14,15). The van der Waals surface area contributed by atoms with Crippen LogP contribution in [0.2, 0.25) is 0 Å². The number of carbonyl (C=O) groups excluding carboxylic acids is 2. The Morgan fingerprint density at radius 3 is 2.67 bits per heavy atom. The molecule has 0 radical (unpaired) electrons. The number of rotatable bonds is 1. The molecule has 2 saturated heterocycles. The summed E-state index contributed by atoms with van der Waals surface area (Å²) in [7, 11) is 0. The lowest BCUT2D eigenvalue weighted by Crippen LogP contribution is -2.28. The molecule has 3 aliphatic rings. The van der Waals surface area contributed by atoms with Gasteiger partial charge in [-0.15, -0.1) is 0 Å². The molecule has 4 heteroatoms. The van der Waals surface area contributed by atoms with Crippen molar-refractivity contribution in [2.75, 3.05) is 0 Å². The fraction of sp³-hybridized carbons (Fsp3) is 0.636. The zero-order chi connectivity index (χ0) is 10.6. The van der Waals surface area contributed by atoms with Gasteiger partial charge in [0.15, 0.2) is 0 Å². The second-order valence-corrected chi connectivity index (χ2v) is 4.81. The molecule has 0 aromatic carbocycles. The molecule has 80 valence electrons. The number of hydrogen-bond acceptors (Lipinski definition) is 3. The zero-order valence-corrected chi connectivity index (χ0v) is 8.67. The van der Waals surface area contributed by atoms with E-state index in [0.29, 0.717) is 18.4 Å². The van der Waals surface area contributed by atoms with Crippen LogP contribution < -0.4 is 10.6 Å². The maximum Gasteiger partial charge on any atom is 0.230 e. The summed E-state index contributed by atoms with van der Waals surface area (Å²) in [5.74, 6) is 0.0830. The first-order valence-electron chi connectivity index (χ1n) is 5.45. The van der Waals surface area contributed by atoms with E-state index >= 15 is 0 Å². The van der Waals surface area contributed by atoms with Gasteiger partial charge in [-0.2, -0.15) is 0 Å². The van der Waals surface area contributed by atoms with E-state index in [1.54, 1.807) is 0 Å². The highest BCUT2D eigenvalue weighted by Gasteiger charge is 2.44. The van der Waals surface area contributed by atoms with Gasteiger partial charge in [0.2, 0.25) is 11.8 Å². The van der Waals surface area contributed by atoms with Gasteiger partial charge in [-0.3, -0.25) is 14.9 Å². The van der Waals surface area contributed by atoms with E-state index in [-0.39, 0.29) is 17.7 Å². The Balaban J connectivity index is 1.77. The number of amides is 2. The Kier molecular flexibility index (Phi) is 1.69. The van der Waals surface area contributed by atoms with E-state index in [0.717, 1.165) is 12.8 Å². The minimum atomic E-state index is -0.110. The highest BCUT2D eigenvalue weighted by atomic mass is 16.2. The van der Waals surface area contributed by atoms with E-state index in [4.69, 9.17) is 0 Å². The van der Waals surface area contributed by atoms with E-state index in [1.165, 1.54) is 11.3 Å². The quantitative estimate of drug-likeness (QED) is 0.479. The lowest BCUT2D eigenvalue weighted by Gasteiger charge is -2.22. The number of nitrogens with one attached hydrogen (secondary N) is 2. The van der Waals surface area contributed by atoms with Crippen molar-refractivity contribution in [3.05, 3.63) is 11.3 Å². The summed E-state index contributed by atoms with van der Waals surface area (Å²) in [5.41, 5.74) is 2.74. The Morgan fingerprint density at radius 2 is 2.07 bits per heavy atom. The van der Waals surface area contributed by atoms with E-state index in [2.05, 4.69) is 17.6 Å². The molecular formula is C11H14N2O2. The summed E-state index contributed by atoms with van der Waals surface area (Å²) in [4.78, 5) is 22.7. The number of allylic oxidation sites excluding steroid dienone is 1. The lowest BCUT2D eigenvalue weighted by molar-refractivity contribution is -0.126. The molecule has 2 heterocycles. The normalized spacial score (nSPS) is 38.6. The highest BCUT2D eigenvalue weighted by molar-refractivity contribution is 6.03. The molecule has 0 aromatic heterocycles. The molecule has 4 nitrogen and oxygen atoms in total. The number of hydrogen-bond donors (Lipinski definition) is 2. The molecule has 15 heavy (non-hydrogen) atoms. The molecule has 2 amide bonds. The minimum absolute atomic E-state index is 0.0677. The minimum Gasteiger partial charge on any atom is -0.378 e. The van der Waals surface area contributed by atoms with Gasteiger partial charge in [-0.1, -0.05) is 5.57 Å². The first-order chi connectivity index (χ1) is 7.15. The fourth-order valence-electron chi connectivity index (χ4n) is 2.89. The molecule has 2 fully saturated rings. The van der Waals surface area contributed by atoms with Gasteiger partial charge >= 0.3 is 0 Å². The molecule has 2 N–H and O–H groups in total. The summed E-state index contributed by atoms with van der Waals surface area (Å²) < 4.78 is 0. The van der Waals surface area contributed by atoms with Crippen molar-refractivity contribution in [3.63, 3.8) is 0 Å². The van der Waals surface area contributed by atoms with Crippen LogP contribution in [-0.2, 0) is 9.59 Å². The number of carbonyl (C=O) groups is 2. The van der Waals surface area contributed by atoms with Crippen LogP contribution >= 0.6 is 0 Å². The Labute approximate surface area is 88.1 Å². The molecule has 0 saturated carbocycles. The first kappa shape index (κ1) is 8.95. The molecule has 1 aliphatic carbocycles. The third-order valence-corrected chi connectivity index (χ3v) is 3.74. The van der Waals surface area contributed by atoms with Gasteiger partial charge in [-0.05, 0) is 25.7 Å². The predicted octanol–water partition coefficient (Wildman–Crippen LogP) is 0.305. The van der Waals surface area contributed by atoms with Gasteiger partial charge < -0.3 is 5.32 Å². The molecule has 3 rings (SSSR count). The molecule has 3 unspecified atom stereocenters. The van der Waals surface area contributed by atoms with Crippen LogP contribution in [0.4, 0.5) is 0 Å². The average molecular weight is 206 g/mol. The maximum atomic E-state index is 11.5. The summed E-state index contributed by atoms with van der Waals surface area (Å²) in [6.07, 6.45) is 2.36. The van der Waals surface area contributed by atoms with Crippen LogP contribution in [0.15, 0.2) is 11.3 Å². The molecular weight excluding hydrogens is 192 g/mol. The molecule has 0 aromatic rings. The van der Waals surface area contributed by atoms with Crippen molar-refractivity contribution in [2.24, 2.45) is 11.8 Å². The van der Waals surface area contributed by atoms with Crippen LogP contribution in [0.1, 0.15) is 26.2 Å². The second-order valence-electron chi connectivity index (χ2n) is 4.81. The summed E-state index contributed by atoms with van der Waals surface area (Å²) in [6, 6.07) is 0.493.